The van der Waals surface area contributed by atoms with Crippen LogP contribution >= 0.6 is 0 Å². The summed E-state index contributed by atoms with van der Waals surface area (Å²) in [5.74, 6) is -0.571. The molecule has 0 atom stereocenters. The molecule has 0 saturated carbocycles. The molecule has 0 heterocycles. The van der Waals surface area contributed by atoms with Gasteiger partial charge in [-0.15, -0.1) is 0 Å². The number of amides is 1. The van der Waals surface area contributed by atoms with E-state index < -0.39 is 5.91 Å². The molecule has 44 valence electrons. The van der Waals surface area contributed by atoms with Crippen LogP contribution in [0.3, 0.4) is 0 Å². The SMILES string of the molecule is C/C(=C/C(N)=O)N=N. The Hall–Kier alpha value is -1.19. The van der Waals surface area contributed by atoms with Crippen molar-refractivity contribution in [2.24, 2.45) is 10.8 Å². The van der Waals surface area contributed by atoms with E-state index >= 15 is 0 Å². The first-order valence-corrected chi connectivity index (χ1v) is 2.02. The highest BCUT2D eigenvalue weighted by Gasteiger charge is 1.85. The molecule has 4 nitrogen and oxygen atoms in total. The van der Waals surface area contributed by atoms with Crippen LogP contribution in [0.15, 0.2) is 16.9 Å². The van der Waals surface area contributed by atoms with Crippen molar-refractivity contribution in [3.8, 4) is 0 Å². The third-order valence-electron chi connectivity index (χ3n) is 0.527. The number of rotatable bonds is 2. The summed E-state index contributed by atoms with van der Waals surface area (Å²) in [6.45, 7) is 1.53. The number of nitrogens with one attached hydrogen (secondary N) is 1. The minimum Gasteiger partial charge on any atom is -0.366 e. The quantitative estimate of drug-likeness (QED) is 0.394. The highest BCUT2D eigenvalue weighted by atomic mass is 16.1. The molecule has 0 saturated heterocycles. The first-order chi connectivity index (χ1) is 3.66. The van der Waals surface area contributed by atoms with Crippen molar-refractivity contribution < 1.29 is 4.79 Å². The Balaban J connectivity index is 3.94. The molecule has 0 aromatic heterocycles. The molecule has 8 heavy (non-hydrogen) atoms. The smallest absolute Gasteiger partial charge is 0.243 e. The van der Waals surface area contributed by atoms with Gasteiger partial charge in [-0.2, -0.15) is 5.11 Å². The summed E-state index contributed by atoms with van der Waals surface area (Å²) in [6.07, 6.45) is 1.09. The number of nitrogens with zero attached hydrogens (tertiary/aromatic N) is 1. The molecule has 0 radical (unpaired) electrons. The van der Waals surface area contributed by atoms with Crippen molar-refractivity contribution in [1.29, 1.82) is 5.53 Å². The second kappa shape index (κ2) is 2.90. The van der Waals surface area contributed by atoms with E-state index in [0.717, 1.165) is 6.08 Å². The lowest BCUT2D eigenvalue weighted by Crippen LogP contribution is -2.06. The second-order valence-electron chi connectivity index (χ2n) is 1.30. The molecule has 0 unspecified atom stereocenters. The topological polar surface area (TPSA) is 79.3 Å². The van der Waals surface area contributed by atoms with E-state index in [-0.39, 0.29) is 0 Å². The monoisotopic (exact) mass is 113 g/mol. The molecule has 1 amide bonds. The molecule has 0 spiro atoms. The minimum atomic E-state index is -0.571. The summed E-state index contributed by atoms with van der Waals surface area (Å²) in [6, 6.07) is 0. The first kappa shape index (κ1) is 6.81. The summed E-state index contributed by atoms with van der Waals surface area (Å²) >= 11 is 0. The summed E-state index contributed by atoms with van der Waals surface area (Å²) in [5.41, 5.74) is 11.4. The normalized spacial score (nSPS) is 10.9. The maximum atomic E-state index is 9.97. The van der Waals surface area contributed by atoms with Crippen LogP contribution in [0.25, 0.3) is 0 Å². The molecule has 3 N–H and O–H groups in total. The van der Waals surface area contributed by atoms with Crippen molar-refractivity contribution >= 4 is 5.91 Å². The van der Waals surface area contributed by atoms with Crippen LogP contribution < -0.4 is 5.73 Å². The third kappa shape index (κ3) is 3.02. The Morgan fingerprint density at radius 1 is 1.88 bits per heavy atom. The van der Waals surface area contributed by atoms with Crippen LogP contribution in [-0.4, -0.2) is 5.91 Å². The van der Waals surface area contributed by atoms with Crippen LogP contribution in [0.2, 0.25) is 0 Å². The minimum absolute atomic E-state index is 0.317. The van der Waals surface area contributed by atoms with Gasteiger partial charge in [-0.05, 0) is 6.92 Å². The Labute approximate surface area is 46.9 Å². The standard InChI is InChI=1S/C4H7N3O/c1-3(7-6)2-4(5)8/h2,6H,1H3,(H2,5,8)/b3-2-,7-6?. The number of allylic oxidation sites excluding steroid dienone is 1. The van der Waals surface area contributed by atoms with Gasteiger partial charge in [0.2, 0.25) is 5.91 Å². The van der Waals surface area contributed by atoms with Crippen molar-refractivity contribution in [2.75, 3.05) is 0 Å². The lowest BCUT2D eigenvalue weighted by atomic mass is 10.4. The highest BCUT2D eigenvalue weighted by molar-refractivity contribution is 5.86. The zero-order chi connectivity index (χ0) is 6.57. The largest absolute Gasteiger partial charge is 0.366 e. The van der Waals surface area contributed by atoms with Crippen LogP contribution in [0.5, 0.6) is 0 Å². The van der Waals surface area contributed by atoms with Gasteiger partial charge >= 0.3 is 0 Å². The van der Waals surface area contributed by atoms with Gasteiger partial charge in [0.25, 0.3) is 0 Å². The summed E-state index contributed by atoms with van der Waals surface area (Å²) in [4.78, 5) is 9.97. The van der Waals surface area contributed by atoms with E-state index in [1.807, 2.05) is 0 Å². The molecule has 0 rings (SSSR count). The van der Waals surface area contributed by atoms with Gasteiger partial charge in [-0.25, -0.2) is 5.53 Å². The molecule has 0 aliphatic carbocycles. The molecule has 0 aromatic rings. The number of hydrogen-bond donors (Lipinski definition) is 2. The molecular weight excluding hydrogens is 106 g/mol. The van der Waals surface area contributed by atoms with Crippen LogP contribution in [0.1, 0.15) is 6.92 Å². The van der Waals surface area contributed by atoms with E-state index in [0.29, 0.717) is 5.70 Å². The van der Waals surface area contributed by atoms with Gasteiger partial charge in [-0.1, -0.05) is 0 Å². The van der Waals surface area contributed by atoms with Gasteiger partial charge in [-0.3, -0.25) is 4.79 Å². The number of primary amides is 1. The summed E-state index contributed by atoms with van der Waals surface area (Å²) < 4.78 is 0. The van der Waals surface area contributed by atoms with Crippen molar-refractivity contribution in [3.05, 3.63) is 11.8 Å². The lowest BCUT2D eigenvalue weighted by Gasteiger charge is -1.81. The fourth-order valence-corrected chi connectivity index (χ4v) is 0.238. The van der Waals surface area contributed by atoms with E-state index in [4.69, 9.17) is 11.3 Å². The van der Waals surface area contributed by atoms with Gasteiger partial charge in [0.1, 0.15) is 0 Å². The number of nitrogens with two attached hydrogens (primary N) is 1. The maximum absolute atomic E-state index is 9.97. The zero-order valence-electron chi connectivity index (χ0n) is 4.51. The van der Waals surface area contributed by atoms with E-state index in [9.17, 15) is 4.79 Å². The Morgan fingerprint density at radius 2 is 2.38 bits per heavy atom. The van der Waals surface area contributed by atoms with Crippen LogP contribution in [0.4, 0.5) is 0 Å². The predicted molar refractivity (Wildman–Crippen MR) is 28.1 cm³/mol. The number of carbonyl (C=O) groups is 1. The number of hydrogen-bond acceptors (Lipinski definition) is 3. The van der Waals surface area contributed by atoms with Crippen molar-refractivity contribution in [1.82, 2.24) is 0 Å². The predicted octanol–water partition coefficient (Wildman–Crippen LogP) is 0.406. The molecule has 0 fully saturated rings. The van der Waals surface area contributed by atoms with Crippen LogP contribution in [0, 0.1) is 5.53 Å². The van der Waals surface area contributed by atoms with Gasteiger partial charge < -0.3 is 5.73 Å². The third-order valence-corrected chi connectivity index (χ3v) is 0.527. The molecule has 4 heteroatoms. The molecule has 0 aliphatic heterocycles. The average molecular weight is 113 g/mol. The van der Waals surface area contributed by atoms with E-state index in [2.05, 4.69) is 5.11 Å². The summed E-state index contributed by atoms with van der Waals surface area (Å²) in [5, 5.41) is 2.94. The first-order valence-electron chi connectivity index (χ1n) is 2.02. The van der Waals surface area contributed by atoms with Crippen molar-refractivity contribution in [3.63, 3.8) is 0 Å². The highest BCUT2D eigenvalue weighted by Crippen LogP contribution is 1.89. The summed E-state index contributed by atoms with van der Waals surface area (Å²) in [7, 11) is 0. The van der Waals surface area contributed by atoms with E-state index in [1.54, 1.807) is 0 Å². The fourth-order valence-electron chi connectivity index (χ4n) is 0.238. The van der Waals surface area contributed by atoms with E-state index in [1.165, 1.54) is 6.92 Å². The lowest BCUT2D eigenvalue weighted by molar-refractivity contribution is -0.113. The number of carbonyl (C=O) groups excluding carboxylic acids is 1. The van der Waals surface area contributed by atoms with Gasteiger partial charge in [0.15, 0.2) is 0 Å². The molecule has 0 aliphatic rings. The van der Waals surface area contributed by atoms with Crippen LogP contribution in [-0.2, 0) is 4.79 Å². The molecular formula is C4H7N3O. The fraction of sp³-hybridized carbons (Fsp3) is 0.250. The Morgan fingerprint density at radius 3 is 2.50 bits per heavy atom. The molecule has 0 bridgehead atoms. The maximum Gasteiger partial charge on any atom is 0.243 e. The zero-order valence-corrected chi connectivity index (χ0v) is 4.51. The van der Waals surface area contributed by atoms with Gasteiger partial charge in [0.05, 0.1) is 5.70 Å². The Kier molecular flexibility index (Phi) is 2.47. The van der Waals surface area contributed by atoms with Gasteiger partial charge in [0, 0.05) is 6.08 Å². The molecule has 0 aromatic carbocycles. The Bertz CT molecular complexity index is 138. The van der Waals surface area contributed by atoms with Crippen molar-refractivity contribution in [2.45, 2.75) is 6.92 Å². The average Bonchev–Trinajstić information content (AvgIpc) is 1.65. The second-order valence-corrected chi connectivity index (χ2v) is 1.30.